The van der Waals surface area contributed by atoms with Crippen LogP contribution in [0.2, 0.25) is 0 Å². The number of likely N-dealkylation sites (tertiary alicyclic amines) is 1. The normalized spacial score (nSPS) is 19.0. The van der Waals surface area contributed by atoms with Crippen LogP contribution in [0, 0.1) is 6.92 Å². The number of rotatable bonds is 3. The predicted octanol–water partition coefficient (Wildman–Crippen LogP) is 2.99. The highest BCUT2D eigenvalue weighted by atomic mass is 16.2. The molecule has 1 aromatic heterocycles. The van der Waals surface area contributed by atoms with Crippen LogP contribution >= 0.6 is 0 Å². The highest BCUT2D eigenvalue weighted by Crippen LogP contribution is 2.30. The van der Waals surface area contributed by atoms with Crippen LogP contribution in [0.15, 0.2) is 30.5 Å². The summed E-state index contributed by atoms with van der Waals surface area (Å²) in [5.41, 5.74) is 4.25. The molecule has 3 heterocycles. The minimum Gasteiger partial charge on any atom is -0.338 e. The highest BCUT2D eigenvalue weighted by molar-refractivity contribution is 5.79. The van der Waals surface area contributed by atoms with E-state index < -0.39 is 0 Å². The van der Waals surface area contributed by atoms with Gasteiger partial charge in [-0.3, -0.25) is 9.59 Å². The summed E-state index contributed by atoms with van der Waals surface area (Å²) < 4.78 is 0. The minimum atomic E-state index is -0.0208. The molecule has 0 saturated carbocycles. The van der Waals surface area contributed by atoms with Gasteiger partial charge in [-0.05, 0) is 31.7 Å². The maximum Gasteiger partial charge on any atom is 0.227 e. The molecule has 152 valence electrons. The number of aromatic nitrogens is 2. The molecule has 0 unspecified atom stereocenters. The van der Waals surface area contributed by atoms with Gasteiger partial charge >= 0.3 is 0 Å². The van der Waals surface area contributed by atoms with Crippen molar-refractivity contribution in [1.29, 1.82) is 0 Å². The zero-order valence-electron chi connectivity index (χ0n) is 17.2. The topological polar surface area (TPSA) is 66.4 Å². The van der Waals surface area contributed by atoms with Crippen LogP contribution in [-0.4, -0.2) is 44.7 Å². The van der Waals surface area contributed by atoms with Crippen LogP contribution in [0.25, 0.3) is 0 Å². The molecule has 2 aliphatic rings. The van der Waals surface area contributed by atoms with Crippen LogP contribution in [0.5, 0.6) is 0 Å². The molecule has 29 heavy (non-hydrogen) atoms. The molecular formula is C23H28N4O2. The van der Waals surface area contributed by atoms with Crippen LogP contribution in [-0.2, 0) is 29.0 Å². The van der Waals surface area contributed by atoms with E-state index in [-0.39, 0.29) is 17.9 Å². The number of carbonyl (C=O) groups excluding carboxylic acids is 2. The summed E-state index contributed by atoms with van der Waals surface area (Å²) in [6.45, 7) is 5.67. The van der Waals surface area contributed by atoms with Gasteiger partial charge in [0.15, 0.2) is 5.82 Å². The molecule has 2 aromatic rings. The number of hydrogen-bond acceptors (Lipinski definition) is 4. The molecular weight excluding hydrogens is 364 g/mol. The Bertz CT molecular complexity index is 927. The molecule has 2 aliphatic heterocycles. The Morgan fingerprint density at radius 2 is 2.07 bits per heavy atom. The second-order valence-electron chi connectivity index (χ2n) is 8.16. The van der Waals surface area contributed by atoms with Crippen LogP contribution < -0.4 is 0 Å². The molecule has 0 aliphatic carbocycles. The Labute approximate surface area is 172 Å². The van der Waals surface area contributed by atoms with E-state index in [0.29, 0.717) is 19.5 Å². The molecule has 1 atom stereocenters. The standard InChI is InChI=1S/C23H28N4O2/c1-16-6-5-7-18(12-16)13-22(29)26-11-9-20-19(15-26)14-24-23(25-20)21-8-3-4-10-27(21)17(2)28/h5-7,12,14,21H,3-4,8-11,13,15H2,1-2H3/t21-/m1/s1. The van der Waals surface area contributed by atoms with Crippen molar-refractivity contribution in [2.75, 3.05) is 13.1 Å². The summed E-state index contributed by atoms with van der Waals surface area (Å²) in [7, 11) is 0. The zero-order valence-corrected chi connectivity index (χ0v) is 17.2. The van der Waals surface area contributed by atoms with E-state index in [0.717, 1.165) is 54.9 Å². The number of piperidine rings is 1. The first-order valence-corrected chi connectivity index (χ1v) is 10.5. The monoisotopic (exact) mass is 392 g/mol. The highest BCUT2D eigenvalue weighted by Gasteiger charge is 2.29. The number of aryl methyl sites for hydroxylation is 1. The van der Waals surface area contributed by atoms with Gasteiger partial charge in [0, 0.05) is 44.7 Å². The summed E-state index contributed by atoms with van der Waals surface area (Å²) in [5.74, 6) is 0.975. The summed E-state index contributed by atoms with van der Waals surface area (Å²) in [6.07, 6.45) is 6.06. The lowest BCUT2D eigenvalue weighted by Crippen LogP contribution is -2.39. The van der Waals surface area contributed by atoms with Crippen molar-refractivity contribution >= 4 is 11.8 Å². The zero-order chi connectivity index (χ0) is 20.4. The van der Waals surface area contributed by atoms with E-state index in [9.17, 15) is 9.59 Å². The first kappa shape index (κ1) is 19.6. The largest absolute Gasteiger partial charge is 0.338 e. The van der Waals surface area contributed by atoms with Crippen molar-refractivity contribution in [3.05, 3.63) is 58.7 Å². The Kier molecular flexibility index (Phi) is 5.60. The van der Waals surface area contributed by atoms with E-state index in [1.807, 2.05) is 41.1 Å². The number of amides is 2. The Balaban J connectivity index is 1.46. The van der Waals surface area contributed by atoms with Gasteiger partial charge in [0.25, 0.3) is 0 Å². The number of nitrogens with zero attached hydrogens (tertiary/aromatic N) is 4. The molecule has 1 fully saturated rings. The maximum absolute atomic E-state index is 12.8. The van der Waals surface area contributed by atoms with Crippen molar-refractivity contribution < 1.29 is 9.59 Å². The first-order valence-electron chi connectivity index (χ1n) is 10.5. The fourth-order valence-corrected chi connectivity index (χ4v) is 4.39. The van der Waals surface area contributed by atoms with Gasteiger partial charge in [0.2, 0.25) is 11.8 Å². The summed E-state index contributed by atoms with van der Waals surface area (Å²) in [5, 5.41) is 0. The maximum atomic E-state index is 12.8. The molecule has 0 spiro atoms. The molecule has 0 N–H and O–H groups in total. The summed E-state index contributed by atoms with van der Waals surface area (Å²) in [4.78, 5) is 38.0. The molecule has 6 heteroatoms. The second-order valence-corrected chi connectivity index (χ2v) is 8.16. The Morgan fingerprint density at radius 3 is 2.86 bits per heavy atom. The number of carbonyl (C=O) groups is 2. The SMILES string of the molecule is CC(=O)N1CCCC[C@@H]1c1ncc2c(n1)CCN(C(=O)Cc1cccc(C)c1)C2. The quantitative estimate of drug-likeness (QED) is 0.805. The van der Waals surface area contributed by atoms with E-state index in [1.54, 1.807) is 6.92 Å². The third-order valence-corrected chi connectivity index (χ3v) is 5.95. The number of hydrogen-bond donors (Lipinski definition) is 0. The number of fused-ring (bicyclic) bond motifs is 1. The average Bonchev–Trinajstić information content (AvgIpc) is 2.73. The smallest absolute Gasteiger partial charge is 0.227 e. The Morgan fingerprint density at radius 1 is 1.21 bits per heavy atom. The lowest BCUT2D eigenvalue weighted by atomic mass is 10.00. The minimum absolute atomic E-state index is 0.0208. The fourth-order valence-electron chi connectivity index (χ4n) is 4.39. The molecule has 2 amide bonds. The van der Waals surface area contributed by atoms with Gasteiger partial charge < -0.3 is 9.80 Å². The average molecular weight is 393 g/mol. The van der Waals surface area contributed by atoms with E-state index >= 15 is 0 Å². The molecule has 1 saturated heterocycles. The van der Waals surface area contributed by atoms with Gasteiger partial charge in [0.1, 0.15) is 0 Å². The fraction of sp³-hybridized carbons (Fsp3) is 0.478. The van der Waals surface area contributed by atoms with Gasteiger partial charge in [-0.2, -0.15) is 0 Å². The molecule has 4 rings (SSSR count). The third kappa shape index (κ3) is 4.31. The third-order valence-electron chi connectivity index (χ3n) is 5.95. The van der Waals surface area contributed by atoms with Gasteiger partial charge in [-0.15, -0.1) is 0 Å². The van der Waals surface area contributed by atoms with Crippen molar-refractivity contribution in [1.82, 2.24) is 19.8 Å². The summed E-state index contributed by atoms with van der Waals surface area (Å²) >= 11 is 0. The first-order chi connectivity index (χ1) is 14.0. The summed E-state index contributed by atoms with van der Waals surface area (Å²) in [6, 6.07) is 8.08. The van der Waals surface area contributed by atoms with Crippen molar-refractivity contribution in [3.8, 4) is 0 Å². The number of benzene rings is 1. The molecule has 0 bridgehead atoms. The van der Waals surface area contributed by atoms with Gasteiger partial charge in [-0.1, -0.05) is 29.8 Å². The van der Waals surface area contributed by atoms with Crippen molar-refractivity contribution in [2.45, 2.75) is 58.5 Å². The lowest BCUT2D eigenvalue weighted by molar-refractivity contribution is -0.133. The van der Waals surface area contributed by atoms with Crippen molar-refractivity contribution in [2.24, 2.45) is 0 Å². The van der Waals surface area contributed by atoms with Crippen LogP contribution in [0.4, 0.5) is 0 Å². The predicted molar refractivity (Wildman–Crippen MR) is 110 cm³/mol. The Hall–Kier alpha value is -2.76. The van der Waals surface area contributed by atoms with E-state index in [4.69, 9.17) is 4.98 Å². The molecule has 0 radical (unpaired) electrons. The van der Waals surface area contributed by atoms with Crippen molar-refractivity contribution in [3.63, 3.8) is 0 Å². The van der Waals surface area contributed by atoms with Gasteiger partial charge in [0.05, 0.1) is 18.2 Å². The van der Waals surface area contributed by atoms with Crippen LogP contribution in [0.1, 0.15) is 60.4 Å². The molecule has 1 aromatic carbocycles. The van der Waals surface area contributed by atoms with E-state index in [1.165, 1.54) is 5.56 Å². The second kappa shape index (κ2) is 8.31. The van der Waals surface area contributed by atoms with E-state index in [2.05, 4.69) is 11.1 Å². The van der Waals surface area contributed by atoms with Gasteiger partial charge in [-0.25, -0.2) is 9.97 Å². The van der Waals surface area contributed by atoms with Crippen LogP contribution in [0.3, 0.4) is 0 Å². The lowest BCUT2D eigenvalue weighted by Gasteiger charge is -2.35. The molecule has 6 nitrogen and oxygen atoms in total.